The van der Waals surface area contributed by atoms with Gasteiger partial charge in [0.05, 0.1) is 5.92 Å². The van der Waals surface area contributed by atoms with Crippen molar-refractivity contribution in [2.24, 2.45) is 5.92 Å². The van der Waals surface area contributed by atoms with Crippen molar-refractivity contribution in [1.82, 2.24) is 0 Å². The molecule has 0 aliphatic carbocycles. The highest BCUT2D eigenvalue weighted by atomic mass is 32.1. The number of unbranched alkanes of at least 4 members (excludes halogenated alkanes) is 3. The predicted molar refractivity (Wildman–Crippen MR) is 64.9 cm³/mol. The average molecular weight is 248 g/mol. The molecule has 4 nitrogen and oxygen atoms in total. The third kappa shape index (κ3) is 8.59. The number of carboxylic acid groups (broad SMARTS) is 2. The molecule has 0 bridgehead atoms. The molecule has 0 aliphatic rings. The van der Waals surface area contributed by atoms with Crippen LogP contribution in [0.4, 0.5) is 0 Å². The summed E-state index contributed by atoms with van der Waals surface area (Å²) in [4.78, 5) is 21.0. The van der Waals surface area contributed by atoms with Crippen LogP contribution in [-0.4, -0.2) is 27.9 Å². The second-order valence-electron chi connectivity index (χ2n) is 3.89. The van der Waals surface area contributed by atoms with Crippen LogP contribution < -0.4 is 0 Å². The van der Waals surface area contributed by atoms with Crippen molar-refractivity contribution in [3.05, 3.63) is 0 Å². The monoisotopic (exact) mass is 248 g/mol. The average Bonchev–Trinajstić information content (AvgIpc) is 2.20. The molecule has 1 atom stereocenters. The second-order valence-corrected chi connectivity index (χ2v) is 4.34. The summed E-state index contributed by atoms with van der Waals surface area (Å²) in [6.07, 6.45) is 4.78. The Bertz CT molecular complexity index is 218. The molecule has 0 fully saturated rings. The highest BCUT2D eigenvalue weighted by Crippen LogP contribution is 2.15. The second kappa shape index (κ2) is 9.51. The Balaban J connectivity index is 3.47. The van der Waals surface area contributed by atoms with Gasteiger partial charge in [0.25, 0.3) is 0 Å². The summed E-state index contributed by atoms with van der Waals surface area (Å²) in [5, 5.41) is 17.3. The number of rotatable bonds is 10. The van der Waals surface area contributed by atoms with E-state index >= 15 is 0 Å². The molecule has 0 aromatic heterocycles. The maximum Gasteiger partial charge on any atom is 0.306 e. The molecular weight excluding hydrogens is 228 g/mol. The van der Waals surface area contributed by atoms with E-state index in [1.54, 1.807) is 0 Å². The van der Waals surface area contributed by atoms with Gasteiger partial charge < -0.3 is 10.2 Å². The highest BCUT2D eigenvalue weighted by molar-refractivity contribution is 7.80. The molecule has 0 spiro atoms. The Morgan fingerprint density at radius 2 is 1.62 bits per heavy atom. The first-order chi connectivity index (χ1) is 7.57. The molecule has 0 heterocycles. The Labute approximate surface area is 101 Å². The van der Waals surface area contributed by atoms with E-state index in [1.165, 1.54) is 0 Å². The van der Waals surface area contributed by atoms with Gasteiger partial charge in [-0.3, -0.25) is 9.59 Å². The minimum absolute atomic E-state index is 0.207. The first-order valence-electron chi connectivity index (χ1n) is 5.63. The van der Waals surface area contributed by atoms with Crippen molar-refractivity contribution in [2.75, 3.05) is 5.75 Å². The van der Waals surface area contributed by atoms with Gasteiger partial charge >= 0.3 is 11.9 Å². The molecular formula is C11H20O4S. The number of carboxylic acids is 2. The Hall–Kier alpha value is -0.710. The fourth-order valence-corrected chi connectivity index (χ4v) is 1.88. The van der Waals surface area contributed by atoms with Gasteiger partial charge in [0.2, 0.25) is 0 Å². The number of aliphatic carboxylic acids is 2. The summed E-state index contributed by atoms with van der Waals surface area (Å²) >= 11 is 4.03. The van der Waals surface area contributed by atoms with Gasteiger partial charge in [-0.05, 0) is 25.0 Å². The Morgan fingerprint density at radius 1 is 1.00 bits per heavy atom. The Kier molecular flexibility index (Phi) is 9.09. The summed E-state index contributed by atoms with van der Waals surface area (Å²) < 4.78 is 0. The summed E-state index contributed by atoms with van der Waals surface area (Å²) in [5.41, 5.74) is 0. The van der Waals surface area contributed by atoms with E-state index in [1.807, 2.05) is 0 Å². The number of hydrogen-bond donors (Lipinski definition) is 3. The fourth-order valence-electron chi connectivity index (χ4n) is 1.57. The summed E-state index contributed by atoms with van der Waals surface area (Å²) in [6, 6.07) is 0. The maximum atomic E-state index is 10.8. The summed E-state index contributed by atoms with van der Waals surface area (Å²) in [5.74, 6) is -1.22. The van der Waals surface area contributed by atoms with Crippen LogP contribution in [0.1, 0.15) is 44.9 Å². The van der Waals surface area contributed by atoms with Gasteiger partial charge in [0.1, 0.15) is 0 Å². The van der Waals surface area contributed by atoms with Crippen LogP contribution in [0.3, 0.4) is 0 Å². The Morgan fingerprint density at radius 3 is 2.12 bits per heavy atom. The van der Waals surface area contributed by atoms with Gasteiger partial charge in [0, 0.05) is 6.42 Å². The van der Waals surface area contributed by atoms with Crippen LogP contribution in [0.25, 0.3) is 0 Å². The smallest absolute Gasteiger partial charge is 0.306 e. The fraction of sp³-hybridized carbons (Fsp3) is 0.818. The van der Waals surface area contributed by atoms with Gasteiger partial charge in [-0.1, -0.05) is 19.3 Å². The maximum absolute atomic E-state index is 10.8. The topological polar surface area (TPSA) is 74.6 Å². The van der Waals surface area contributed by atoms with Crippen LogP contribution in [0.5, 0.6) is 0 Å². The molecule has 0 amide bonds. The highest BCUT2D eigenvalue weighted by Gasteiger charge is 2.15. The normalized spacial score (nSPS) is 12.3. The SMILES string of the molecule is O=C(O)CCCCCCC(CCS)C(=O)O. The van der Waals surface area contributed by atoms with Crippen molar-refractivity contribution < 1.29 is 19.8 Å². The van der Waals surface area contributed by atoms with E-state index in [2.05, 4.69) is 12.6 Å². The summed E-state index contributed by atoms with van der Waals surface area (Å²) in [7, 11) is 0. The number of hydrogen-bond acceptors (Lipinski definition) is 3. The van der Waals surface area contributed by atoms with Crippen LogP contribution in [0.15, 0.2) is 0 Å². The van der Waals surface area contributed by atoms with Gasteiger partial charge in [-0.15, -0.1) is 0 Å². The number of thiol groups is 1. The molecule has 0 saturated carbocycles. The quantitative estimate of drug-likeness (QED) is 0.410. The van der Waals surface area contributed by atoms with Gasteiger partial charge in [-0.2, -0.15) is 12.6 Å². The molecule has 94 valence electrons. The lowest BCUT2D eigenvalue weighted by Crippen LogP contribution is -2.14. The van der Waals surface area contributed by atoms with Crippen molar-refractivity contribution in [2.45, 2.75) is 44.9 Å². The molecule has 1 unspecified atom stereocenters. The lowest BCUT2D eigenvalue weighted by Gasteiger charge is -2.09. The first kappa shape index (κ1) is 15.3. The van der Waals surface area contributed by atoms with E-state index in [4.69, 9.17) is 10.2 Å². The van der Waals surface area contributed by atoms with E-state index in [9.17, 15) is 9.59 Å². The van der Waals surface area contributed by atoms with Crippen molar-refractivity contribution >= 4 is 24.6 Å². The predicted octanol–water partition coefficient (Wildman–Crippen LogP) is 2.43. The molecule has 5 heteroatoms. The number of carbonyl (C=O) groups is 2. The third-order valence-electron chi connectivity index (χ3n) is 2.52. The zero-order valence-corrected chi connectivity index (χ0v) is 10.3. The van der Waals surface area contributed by atoms with Gasteiger partial charge in [-0.25, -0.2) is 0 Å². The minimum Gasteiger partial charge on any atom is -0.481 e. The largest absolute Gasteiger partial charge is 0.481 e. The van der Waals surface area contributed by atoms with Crippen molar-refractivity contribution in [1.29, 1.82) is 0 Å². The van der Waals surface area contributed by atoms with E-state index in [0.29, 0.717) is 25.0 Å². The molecule has 16 heavy (non-hydrogen) atoms. The van der Waals surface area contributed by atoms with Gasteiger partial charge in [0.15, 0.2) is 0 Å². The zero-order valence-electron chi connectivity index (χ0n) is 9.39. The van der Waals surface area contributed by atoms with Crippen LogP contribution >= 0.6 is 12.6 Å². The molecule has 0 saturated heterocycles. The molecule has 0 radical (unpaired) electrons. The molecule has 0 aliphatic heterocycles. The lowest BCUT2D eigenvalue weighted by atomic mass is 9.98. The van der Waals surface area contributed by atoms with Crippen molar-refractivity contribution in [3.63, 3.8) is 0 Å². The zero-order chi connectivity index (χ0) is 12.4. The van der Waals surface area contributed by atoms with Crippen LogP contribution in [0, 0.1) is 5.92 Å². The molecule has 2 N–H and O–H groups in total. The third-order valence-corrected chi connectivity index (χ3v) is 2.78. The van der Waals surface area contributed by atoms with E-state index < -0.39 is 11.9 Å². The minimum atomic E-state index is -0.765. The molecule has 0 aromatic carbocycles. The molecule has 0 aromatic rings. The van der Waals surface area contributed by atoms with E-state index in [0.717, 1.165) is 19.3 Å². The lowest BCUT2D eigenvalue weighted by molar-refractivity contribution is -0.142. The standard InChI is InChI=1S/C11H20O4S/c12-10(13)6-4-2-1-3-5-9(7-8-16)11(14)15/h9,16H,1-8H2,(H,12,13)(H,14,15). The first-order valence-corrected chi connectivity index (χ1v) is 6.26. The van der Waals surface area contributed by atoms with Crippen molar-refractivity contribution in [3.8, 4) is 0 Å². The molecule has 0 rings (SSSR count). The summed E-state index contributed by atoms with van der Waals surface area (Å²) in [6.45, 7) is 0. The van der Waals surface area contributed by atoms with Crippen LogP contribution in [0.2, 0.25) is 0 Å². The van der Waals surface area contributed by atoms with E-state index in [-0.39, 0.29) is 12.3 Å². The van der Waals surface area contributed by atoms with Crippen LogP contribution in [-0.2, 0) is 9.59 Å².